The fourth-order valence-electron chi connectivity index (χ4n) is 2.88. The van der Waals surface area contributed by atoms with E-state index in [0.717, 1.165) is 24.1 Å². The molecule has 0 N–H and O–H groups in total. The minimum Gasteiger partial charge on any atom is -0.338 e. The van der Waals surface area contributed by atoms with Crippen LogP contribution in [0.2, 0.25) is 0 Å². The number of rotatable bonds is 4. The molecular weight excluding hydrogens is 328 g/mol. The Labute approximate surface area is 142 Å². The molecule has 7 nitrogen and oxygen atoms in total. The van der Waals surface area contributed by atoms with Gasteiger partial charge in [-0.1, -0.05) is 29.4 Å². The first-order valence-corrected chi connectivity index (χ1v) is 9.84. The Hall–Kier alpha value is -1.77. The first-order chi connectivity index (χ1) is 11.4. The van der Waals surface area contributed by atoms with Crippen molar-refractivity contribution < 1.29 is 12.9 Å². The largest absolute Gasteiger partial charge is 0.338 e. The lowest BCUT2D eigenvalue weighted by Gasteiger charge is -2.18. The van der Waals surface area contributed by atoms with Crippen molar-refractivity contribution in [3.8, 4) is 11.4 Å². The molecule has 0 unspecified atom stereocenters. The normalized spacial score (nSPS) is 17.8. The van der Waals surface area contributed by atoms with Gasteiger partial charge < -0.3 is 4.52 Å². The predicted octanol–water partition coefficient (Wildman–Crippen LogP) is 1.51. The summed E-state index contributed by atoms with van der Waals surface area (Å²) in [4.78, 5) is 6.64. The molecule has 0 bridgehead atoms. The molecule has 1 aromatic heterocycles. The average Bonchev–Trinajstić information content (AvgIpc) is 2.84. The molecule has 0 aliphatic carbocycles. The smallest absolute Gasteiger partial charge is 0.241 e. The summed E-state index contributed by atoms with van der Waals surface area (Å²) in [5.41, 5.74) is 2.06. The van der Waals surface area contributed by atoms with E-state index in [0.29, 0.717) is 37.9 Å². The zero-order valence-corrected chi connectivity index (χ0v) is 14.8. The lowest BCUT2D eigenvalue weighted by atomic mass is 10.1. The summed E-state index contributed by atoms with van der Waals surface area (Å²) >= 11 is 0. The Kier molecular flexibility index (Phi) is 4.98. The summed E-state index contributed by atoms with van der Waals surface area (Å²) in [5, 5.41) is 4.07. The lowest BCUT2D eigenvalue weighted by molar-refractivity contribution is 0.236. The van der Waals surface area contributed by atoms with Gasteiger partial charge >= 0.3 is 0 Å². The molecule has 1 aliphatic heterocycles. The Morgan fingerprint density at radius 3 is 2.71 bits per heavy atom. The quantitative estimate of drug-likeness (QED) is 0.832. The topological polar surface area (TPSA) is 79.5 Å². The Balaban J connectivity index is 1.66. The molecule has 1 aliphatic rings. The number of hydrogen-bond donors (Lipinski definition) is 0. The number of sulfonamides is 1. The van der Waals surface area contributed by atoms with Crippen molar-refractivity contribution in [1.82, 2.24) is 19.3 Å². The zero-order valence-electron chi connectivity index (χ0n) is 14.0. The maximum atomic E-state index is 11.7. The van der Waals surface area contributed by atoms with Crippen LogP contribution >= 0.6 is 0 Å². The molecule has 24 heavy (non-hydrogen) atoms. The van der Waals surface area contributed by atoms with Crippen molar-refractivity contribution >= 4 is 10.0 Å². The van der Waals surface area contributed by atoms with Crippen LogP contribution < -0.4 is 0 Å². The summed E-state index contributed by atoms with van der Waals surface area (Å²) in [6.45, 7) is 5.09. The molecular formula is C16H22N4O3S. The van der Waals surface area contributed by atoms with Gasteiger partial charge in [-0.25, -0.2) is 12.7 Å². The molecule has 8 heteroatoms. The maximum Gasteiger partial charge on any atom is 0.241 e. The third-order valence-electron chi connectivity index (χ3n) is 4.23. The first kappa shape index (κ1) is 17.1. The van der Waals surface area contributed by atoms with E-state index in [9.17, 15) is 8.42 Å². The average molecular weight is 350 g/mol. The van der Waals surface area contributed by atoms with Gasteiger partial charge in [0.05, 0.1) is 12.8 Å². The monoisotopic (exact) mass is 350 g/mol. The van der Waals surface area contributed by atoms with Crippen molar-refractivity contribution in [3.63, 3.8) is 0 Å². The molecule has 2 heterocycles. The molecule has 3 rings (SSSR count). The number of benzene rings is 1. The van der Waals surface area contributed by atoms with Crippen LogP contribution in [0, 0.1) is 6.92 Å². The van der Waals surface area contributed by atoms with Gasteiger partial charge in [0.25, 0.3) is 0 Å². The molecule has 130 valence electrons. The van der Waals surface area contributed by atoms with Crippen LogP contribution in [-0.4, -0.2) is 60.2 Å². The Morgan fingerprint density at radius 1 is 1.17 bits per heavy atom. The highest BCUT2D eigenvalue weighted by Gasteiger charge is 2.22. The standard InChI is InChI=1S/C16H22N4O3S/c1-13-6-3-4-7-14(13)16-17-15(23-18-16)12-19-8-5-9-20(11-10-19)24(2,21)22/h3-4,6-7H,5,8-12H2,1-2H3. The summed E-state index contributed by atoms with van der Waals surface area (Å²) < 4.78 is 30.2. The van der Waals surface area contributed by atoms with Crippen molar-refractivity contribution in [2.45, 2.75) is 19.9 Å². The van der Waals surface area contributed by atoms with Gasteiger partial charge in [-0.05, 0) is 25.5 Å². The van der Waals surface area contributed by atoms with Crippen molar-refractivity contribution in [2.24, 2.45) is 0 Å². The number of aryl methyl sites for hydroxylation is 1. The SMILES string of the molecule is Cc1ccccc1-c1noc(CN2CCCN(S(C)(=O)=O)CC2)n1. The van der Waals surface area contributed by atoms with Gasteiger partial charge in [0.1, 0.15) is 0 Å². The van der Waals surface area contributed by atoms with Crippen LogP contribution in [0.25, 0.3) is 11.4 Å². The highest BCUT2D eigenvalue weighted by Crippen LogP contribution is 2.20. The minimum absolute atomic E-state index is 0.498. The van der Waals surface area contributed by atoms with Crippen LogP contribution in [-0.2, 0) is 16.6 Å². The van der Waals surface area contributed by atoms with Crippen molar-refractivity contribution in [2.75, 3.05) is 32.4 Å². The predicted molar refractivity (Wildman–Crippen MR) is 90.8 cm³/mol. The van der Waals surface area contributed by atoms with E-state index >= 15 is 0 Å². The molecule has 0 saturated carbocycles. The van der Waals surface area contributed by atoms with E-state index in [1.807, 2.05) is 31.2 Å². The second-order valence-corrected chi connectivity index (χ2v) is 8.10. The van der Waals surface area contributed by atoms with Crippen LogP contribution in [0.3, 0.4) is 0 Å². The van der Waals surface area contributed by atoms with Crippen LogP contribution in [0.4, 0.5) is 0 Å². The van der Waals surface area contributed by atoms with Gasteiger partial charge in [0, 0.05) is 25.2 Å². The summed E-state index contributed by atoms with van der Waals surface area (Å²) in [6.07, 6.45) is 2.06. The molecule has 1 fully saturated rings. The van der Waals surface area contributed by atoms with Gasteiger partial charge in [-0.3, -0.25) is 4.90 Å². The summed E-state index contributed by atoms with van der Waals surface area (Å²) in [6, 6.07) is 7.91. The molecule has 2 aromatic rings. The highest BCUT2D eigenvalue weighted by atomic mass is 32.2. The number of hydrogen-bond acceptors (Lipinski definition) is 6. The fraction of sp³-hybridized carbons (Fsp3) is 0.500. The number of aromatic nitrogens is 2. The van der Waals surface area contributed by atoms with E-state index < -0.39 is 10.0 Å². The molecule has 0 amide bonds. The van der Waals surface area contributed by atoms with Gasteiger partial charge in [0.2, 0.25) is 21.7 Å². The molecule has 0 spiro atoms. The second-order valence-electron chi connectivity index (χ2n) is 6.12. The number of nitrogens with zero attached hydrogens (tertiary/aromatic N) is 4. The zero-order chi connectivity index (χ0) is 17.2. The van der Waals surface area contributed by atoms with Gasteiger partial charge in [-0.2, -0.15) is 4.98 Å². The van der Waals surface area contributed by atoms with Crippen molar-refractivity contribution in [3.05, 3.63) is 35.7 Å². The van der Waals surface area contributed by atoms with Crippen LogP contribution in [0.1, 0.15) is 17.9 Å². The third-order valence-corrected chi connectivity index (χ3v) is 5.53. The van der Waals surface area contributed by atoms with Gasteiger partial charge in [-0.15, -0.1) is 0 Å². The minimum atomic E-state index is -3.13. The van der Waals surface area contributed by atoms with Crippen LogP contribution in [0.15, 0.2) is 28.8 Å². The Morgan fingerprint density at radius 2 is 1.96 bits per heavy atom. The fourth-order valence-corrected chi connectivity index (χ4v) is 3.75. The molecule has 0 atom stereocenters. The van der Waals surface area contributed by atoms with Gasteiger partial charge in [0.15, 0.2) is 0 Å². The molecule has 1 saturated heterocycles. The first-order valence-electron chi connectivity index (χ1n) is 7.99. The molecule has 0 radical (unpaired) electrons. The highest BCUT2D eigenvalue weighted by molar-refractivity contribution is 7.88. The second kappa shape index (κ2) is 7.00. The third kappa shape index (κ3) is 4.00. The van der Waals surface area contributed by atoms with E-state index in [1.54, 1.807) is 0 Å². The maximum absolute atomic E-state index is 11.7. The lowest BCUT2D eigenvalue weighted by Crippen LogP contribution is -2.34. The van der Waals surface area contributed by atoms with E-state index in [4.69, 9.17) is 4.52 Å². The summed E-state index contributed by atoms with van der Waals surface area (Å²) in [5.74, 6) is 1.15. The van der Waals surface area contributed by atoms with Crippen molar-refractivity contribution in [1.29, 1.82) is 0 Å². The van der Waals surface area contributed by atoms with E-state index in [2.05, 4.69) is 15.0 Å². The van der Waals surface area contributed by atoms with E-state index in [1.165, 1.54) is 10.6 Å². The van der Waals surface area contributed by atoms with Crippen LogP contribution in [0.5, 0.6) is 0 Å². The summed E-state index contributed by atoms with van der Waals surface area (Å²) in [7, 11) is -3.13. The Bertz CT molecular complexity index is 803. The van der Waals surface area contributed by atoms with E-state index in [-0.39, 0.29) is 0 Å². The molecule has 1 aromatic carbocycles.